The van der Waals surface area contributed by atoms with E-state index in [0.29, 0.717) is 0 Å². The SMILES string of the molecule is c1ccc([Si](c2ccccc2)(c2ccccc2)c2ccc3c(c2)Oc2cc(-c4cccc(-n5c6ccccc6c6ccccc65)c4)cc4c2B3Sc2ccccc2-4)cc1. The van der Waals surface area contributed by atoms with Crippen molar-refractivity contribution in [3.05, 3.63) is 218 Å². The van der Waals surface area contributed by atoms with E-state index in [2.05, 4.69) is 223 Å². The minimum absolute atomic E-state index is 0.104. The van der Waals surface area contributed by atoms with Gasteiger partial charge in [0.05, 0.1) is 11.0 Å². The molecule has 0 bridgehead atoms. The Labute approximate surface area is 349 Å². The lowest BCUT2D eigenvalue weighted by atomic mass is 9.57. The maximum absolute atomic E-state index is 7.27. The summed E-state index contributed by atoms with van der Waals surface area (Å²) in [5.41, 5.74) is 10.8. The highest BCUT2D eigenvalue weighted by Crippen LogP contribution is 2.45. The van der Waals surface area contributed by atoms with Gasteiger partial charge < -0.3 is 9.30 Å². The first-order valence-corrected chi connectivity index (χ1v) is 23.2. The summed E-state index contributed by atoms with van der Waals surface area (Å²) in [6.07, 6.45) is 0. The minimum atomic E-state index is -2.76. The molecular weight excluding hydrogens is 750 g/mol. The molecule has 5 heteroatoms. The van der Waals surface area contributed by atoms with E-state index >= 15 is 0 Å². The van der Waals surface area contributed by atoms with Gasteiger partial charge in [-0.3, -0.25) is 0 Å². The summed E-state index contributed by atoms with van der Waals surface area (Å²) in [5, 5.41) is 7.88. The largest absolute Gasteiger partial charge is 0.458 e. The summed E-state index contributed by atoms with van der Waals surface area (Å²) >= 11 is 1.94. The highest BCUT2D eigenvalue weighted by Gasteiger charge is 2.44. The fourth-order valence-corrected chi connectivity index (χ4v) is 16.0. The van der Waals surface area contributed by atoms with Gasteiger partial charge in [-0.25, -0.2) is 0 Å². The molecule has 2 aliphatic heterocycles. The van der Waals surface area contributed by atoms with Gasteiger partial charge in [-0.05, 0) is 102 Å². The third-order valence-corrected chi connectivity index (χ3v) is 18.5. The normalized spacial score (nSPS) is 12.8. The second-order valence-corrected chi connectivity index (χ2v) is 20.5. The molecule has 10 aromatic rings. The van der Waals surface area contributed by atoms with Gasteiger partial charge in [-0.15, -0.1) is 0 Å². The maximum atomic E-state index is 7.27. The average molecular weight is 786 g/mol. The van der Waals surface area contributed by atoms with Crippen molar-refractivity contribution in [3.8, 4) is 39.4 Å². The zero-order chi connectivity index (χ0) is 38.9. The van der Waals surface area contributed by atoms with Gasteiger partial charge in [0, 0.05) is 21.4 Å². The van der Waals surface area contributed by atoms with Crippen LogP contribution in [0.15, 0.2) is 223 Å². The van der Waals surface area contributed by atoms with Gasteiger partial charge in [0.25, 0.3) is 5.99 Å². The predicted octanol–water partition coefficient (Wildman–Crippen LogP) is 9.81. The van der Waals surface area contributed by atoms with Crippen LogP contribution in [0.4, 0.5) is 0 Å². The van der Waals surface area contributed by atoms with Crippen LogP contribution in [0.1, 0.15) is 0 Å². The summed E-state index contributed by atoms with van der Waals surface area (Å²) < 4.78 is 9.66. The van der Waals surface area contributed by atoms with Crippen LogP contribution in [0, 0.1) is 0 Å². The molecule has 0 saturated carbocycles. The minimum Gasteiger partial charge on any atom is -0.458 e. The summed E-state index contributed by atoms with van der Waals surface area (Å²) in [6, 6.07) is 80.5. The zero-order valence-electron chi connectivity index (χ0n) is 32.1. The lowest BCUT2D eigenvalue weighted by molar-refractivity contribution is 0.488. The Kier molecular flexibility index (Phi) is 7.94. The molecule has 0 atom stereocenters. The van der Waals surface area contributed by atoms with E-state index < -0.39 is 8.07 Å². The van der Waals surface area contributed by atoms with Crippen LogP contribution in [0.25, 0.3) is 49.7 Å². The van der Waals surface area contributed by atoms with Crippen molar-refractivity contribution in [2.24, 2.45) is 0 Å². The predicted molar refractivity (Wildman–Crippen MR) is 253 cm³/mol. The molecule has 2 nitrogen and oxygen atoms in total. The average Bonchev–Trinajstić information content (AvgIpc) is 3.65. The molecule has 0 fully saturated rings. The second kappa shape index (κ2) is 13.7. The molecule has 1 aromatic heterocycles. The highest BCUT2D eigenvalue weighted by atomic mass is 32.2. The fraction of sp³-hybridized carbons (Fsp3) is 0. The molecule has 0 saturated heterocycles. The van der Waals surface area contributed by atoms with E-state index in [4.69, 9.17) is 4.74 Å². The quantitative estimate of drug-likeness (QED) is 0.123. The smallest absolute Gasteiger partial charge is 0.289 e. The number of ether oxygens (including phenoxy) is 1. The standard InChI is InChI=1S/C54H36BNOSSi/c1-4-19-40(20-5-1)59(41-21-6-2-7-22-41,42-23-8-3-9-24-42)43-31-32-48-51(36-43)57-52-35-38(34-47-46-27-12-15-30-53(46)58-55(48)54(47)52)37-17-16-18-39(33-37)56-49-28-13-10-25-44(49)45-26-11-14-29-50(45)56/h1-36H. The van der Waals surface area contributed by atoms with Crippen molar-refractivity contribution < 1.29 is 4.74 Å². The molecule has 0 unspecified atom stereocenters. The maximum Gasteiger partial charge on any atom is 0.289 e. The summed E-state index contributed by atoms with van der Waals surface area (Å²) in [6.45, 7) is 0. The second-order valence-electron chi connectivity index (χ2n) is 15.6. The number of para-hydroxylation sites is 2. The molecule has 0 aliphatic carbocycles. The topological polar surface area (TPSA) is 14.2 Å². The van der Waals surface area contributed by atoms with Crippen molar-refractivity contribution >= 4 is 79.2 Å². The van der Waals surface area contributed by atoms with Crippen LogP contribution in [0.2, 0.25) is 0 Å². The first-order chi connectivity index (χ1) is 29.3. The van der Waals surface area contributed by atoms with Crippen molar-refractivity contribution in [1.82, 2.24) is 4.57 Å². The van der Waals surface area contributed by atoms with Crippen LogP contribution in [-0.2, 0) is 0 Å². The van der Waals surface area contributed by atoms with E-state index in [1.165, 1.54) is 69.5 Å². The fourth-order valence-electron chi connectivity index (χ4n) is 9.85. The van der Waals surface area contributed by atoms with Crippen LogP contribution < -0.4 is 36.4 Å². The first kappa shape index (κ1) is 34.3. The summed E-state index contributed by atoms with van der Waals surface area (Å²) in [4.78, 5) is 1.30. The van der Waals surface area contributed by atoms with Gasteiger partial charge in [0.2, 0.25) is 0 Å². The van der Waals surface area contributed by atoms with Crippen molar-refractivity contribution in [2.75, 3.05) is 0 Å². The van der Waals surface area contributed by atoms with Gasteiger partial charge in [0.15, 0.2) is 8.07 Å². The molecule has 0 amide bonds. The van der Waals surface area contributed by atoms with Gasteiger partial charge >= 0.3 is 0 Å². The van der Waals surface area contributed by atoms with E-state index in [-0.39, 0.29) is 5.99 Å². The Balaban J connectivity index is 1.05. The van der Waals surface area contributed by atoms with E-state index in [1.54, 1.807) is 0 Å². The monoisotopic (exact) mass is 785 g/mol. The van der Waals surface area contributed by atoms with E-state index in [1.807, 2.05) is 11.6 Å². The Morgan fingerprint density at radius 3 is 1.68 bits per heavy atom. The Morgan fingerprint density at radius 2 is 1.02 bits per heavy atom. The number of rotatable bonds is 6. The molecule has 276 valence electrons. The first-order valence-electron chi connectivity index (χ1n) is 20.3. The van der Waals surface area contributed by atoms with Crippen molar-refractivity contribution in [1.29, 1.82) is 0 Å². The van der Waals surface area contributed by atoms with Gasteiger partial charge in [-0.1, -0.05) is 170 Å². The number of benzene rings is 9. The molecule has 59 heavy (non-hydrogen) atoms. The number of aromatic nitrogens is 1. The lowest BCUT2D eigenvalue weighted by Crippen LogP contribution is -2.74. The van der Waals surface area contributed by atoms with Crippen molar-refractivity contribution in [3.63, 3.8) is 0 Å². The molecule has 9 aromatic carbocycles. The molecule has 0 radical (unpaired) electrons. The Bertz CT molecular complexity index is 3090. The zero-order valence-corrected chi connectivity index (χ0v) is 33.9. The molecule has 0 spiro atoms. The number of nitrogens with zero attached hydrogens (tertiary/aromatic N) is 1. The third kappa shape index (κ3) is 5.28. The Morgan fingerprint density at radius 1 is 0.424 bits per heavy atom. The van der Waals surface area contributed by atoms with Crippen LogP contribution in [-0.4, -0.2) is 18.6 Å². The molecular formula is C54H36BNOSSi. The number of hydrogen-bond donors (Lipinski definition) is 0. The van der Waals surface area contributed by atoms with Crippen LogP contribution in [0.5, 0.6) is 11.5 Å². The van der Waals surface area contributed by atoms with Crippen LogP contribution in [0.3, 0.4) is 0 Å². The van der Waals surface area contributed by atoms with E-state index in [0.717, 1.165) is 28.3 Å². The molecule has 12 rings (SSSR count). The van der Waals surface area contributed by atoms with Crippen molar-refractivity contribution in [2.45, 2.75) is 4.90 Å². The Hall–Kier alpha value is -6.79. The molecule has 0 N–H and O–H groups in total. The van der Waals surface area contributed by atoms with Gasteiger partial charge in [-0.2, -0.15) is 11.6 Å². The van der Waals surface area contributed by atoms with E-state index in [9.17, 15) is 0 Å². The third-order valence-electron chi connectivity index (χ3n) is 12.4. The number of hydrogen-bond acceptors (Lipinski definition) is 2. The number of fused-ring (bicyclic) bond motifs is 7. The highest BCUT2D eigenvalue weighted by molar-refractivity contribution is 8.28. The molecule has 3 heterocycles. The summed E-state index contributed by atoms with van der Waals surface area (Å²) in [5.74, 6) is 1.98. The van der Waals surface area contributed by atoms with Crippen LogP contribution >= 0.6 is 11.6 Å². The van der Waals surface area contributed by atoms with Gasteiger partial charge in [0.1, 0.15) is 11.5 Å². The summed E-state index contributed by atoms with van der Waals surface area (Å²) in [7, 11) is -2.76. The molecule has 2 aliphatic rings. The lowest BCUT2D eigenvalue weighted by Gasteiger charge is -2.37.